The van der Waals surface area contributed by atoms with Crippen LogP contribution in [0.4, 0.5) is 10.1 Å². The molecule has 2 nitrogen and oxygen atoms in total. The highest BCUT2D eigenvalue weighted by Crippen LogP contribution is 2.28. The SMILES string of the molecule is CC(c1ccccc1Cl)N(C)Cc1ccc(F)cc1N. The van der Waals surface area contributed by atoms with Gasteiger partial charge in [-0.05, 0) is 43.3 Å². The van der Waals surface area contributed by atoms with Crippen LogP contribution in [0, 0.1) is 5.82 Å². The topological polar surface area (TPSA) is 29.3 Å². The number of nitrogen functional groups attached to an aromatic ring is 1. The highest BCUT2D eigenvalue weighted by atomic mass is 35.5. The second kappa shape index (κ2) is 6.25. The molecule has 2 rings (SSSR count). The van der Waals surface area contributed by atoms with Crippen molar-refractivity contribution in [3.63, 3.8) is 0 Å². The summed E-state index contributed by atoms with van der Waals surface area (Å²) in [6.07, 6.45) is 0. The van der Waals surface area contributed by atoms with Crippen molar-refractivity contribution in [2.75, 3.05) is 12.8 Å². The van der Waals surface area contributed by atoms with Crippen molar-refractivity contribution in [3.05, 3.63) is 64.4 Å². The first-order valence-corrected chi connectivity index (χ1v) is 6.85. The van der Waals surface area contributed by atoms with Crippen LogP contribution >= 0.6 is 11.6 Å². The fourth-order valence-corrected chi connectivity index (χ4v) is 2.46. The van der Waals surface area contributed by atoms with E-state index in [0.29, 0.717) is 12.2 Å². The van der Waals surface area contributed by atoms with E-state index in [2.05, 4.69) is 11.8 Å². The molecule has 1 unspecified atom stereocenters. The number of hydrogen-bond donors (Lipinski definition) is 1. The zero-order valence-corrected chi connectivity index (χ0v) is 12.4. The second-order valence-corrected chi connectivity index (χ2v) is 5.36. The fraction of sp³-hybridized carbons (Fsp3) is 0.250. The van der Waals surface area contributed by atoms with Gasteiger partial charge in [0.1, 0.15) is 5.82 Å². The van der Waals surface area contributed by atoms with Gasteiger partial charge in [-0.3, -0.25) is 4.90 Å². The van der Waals surface area contributed by atoms with Crippen LogP contribution in [0.3, 0.4) is 0 Å². The Balaban J connectivity index is 2.15. The molecule has 20 heavy (non-hydrogen) atoms. The van der Waals surface area contributed by atoms with Gasteiger partial charge in [0.2, 0.25) is 0 Å². The summed E-state index contributed by atoms with van der Waals surface area (Å²) in [7, 11) is 2.00. The van der Waals surface area contributed by atoms with Crippen molar-refractivity contribution < 1.29 is 4.39 Å². The van der Waals surface area contributed by atoms with E-state index >= 15 is 0 Å². The molecule has 2 aromatic carbocycles. The Morgan fingerprint density at radius 1 is 1.25 bits per heavy atom. The molecule has 0 amide bonds. The number of nitrogens with zero attached hydrogens (tertiary/aromatic N) is 1. The van der Waals surface area contributed by atoms with E-state index in [-0.39, 0.29) is 11.9 Å². The summed E-state index contributed by atoms with van der Waals surface area (Å²) in [5.41, 5.74) is 8.30. The second-order valence-electron chi connectivity index (χ2n) is 4.96. The van der Waals surface area contributed by atoms with Crippen molar-refractivity contribution >= 4 is 17.3 Å². The van der Waals surface area contributed by atoms with Crippen molar-refractivity contribution in [3.8, 4) is 0 Å². The predicted molar refractivity (Wildman–Crippen MR) is 82.1 cm³/mol. The van der Waals surface area contributed by atoms with Crippen molar-refractivity contribution in [2.24, 2.45) is 0 Å². The van der Waals surface area contributed by atoms with Crippen LogP contribution in [0.25, 0.3) is 0 Å². The first kappa shape index (κ1) is 14.8. The molecule has 0 heterocycles. The van der Waals surface area contributed by atoms with Gasteiger partial charge in [0.15, 0.2) is 0 Å². The Bertz CT molecular complexity index is 601. The average molecular weight is 293 g/mol. The van der Waals surface area contributed by atoms with Crippen molar-refractivity contribution in [2.45, 2.75) is 19.5 Å². The van der Waals surface area contributed by atoms with E-state index in [0.717, 1.165) is 16.1 Å². The molecule has 0 aliphatic carbocycles. The van der Waals surface area contributed by atoms with E-state index in [1.54, 1.807) is 6.07 Å². The van der Waals surface area contributed by atoms with Gasteiger partial charge in [-0.2, -0.15) is 0 Å². The summed E-state index contributed by atoms with van der Waals surface area (Å²) in [4.78, 5) is 2.13. The van der Waals surface area contributed by atoms with Gasteiger partial charge in [-0.25, -0.2) is 4.39 Å². The molecule has 1 atom stereocenters. The Morgan fingerprint density at radius 2 is 1.95 bits per heavy atom. The minimum atomic E-state index is -0.312. The summed E-state index contributed by atoms with van der Waals surface area (Å²) >= 11 is 6.22. The summed E-state index contributed by atoms with van der Waals surface area (Å²) in [6, 6.07) is 12.4. The van der Waals surface area contributed by atoms with E-state index in [4.69, 9.17) is 17.3 Å². The first-order valence-electron chi connectivity index (χ1n) is 6.47. The van der Waals surface area contributed by atoms with Gasteiger partial charge >= 0.3 is 0 Å². The van der Waals surface area contributed by atoms with Gasteiger partial charge in [-0.1, -0.05) is 35.9 Å². The Kier molecular flexibility index (Phi) is 4.63. The molecule has 4 heteroatoms. The lowest BCUT2D eigenvalue weighted by molar-refractivity contribution is 0.253. The summed E-state index contributed by atoms with van der Waals surface area (Å²) in [5.74, 6) is -0.312. The highest BCUT2D eigenvalue weighted by molar-refractivity contribution is 6.31. The largest absolute Gasteiger partial charge is 0.398 e. The molecule has 0 spiro atoms. The summed E-state index contributed by atoms with van der Waals surface area (Å²) in [6.45, 7) is 2.72. The van der Waals surface area contributed by atoms with Crippen LogP contribution in [-0.2, 0) is 6.54 Å². The number of hydrogen-bond acceptors (Lipinski definition) is 2. The smallest absolute Gasteiger partial charge is 0.125 e. The Morgan fingerprint density at radius 3 is 2.60 bits per heavy atom. The third-order valence-corrected chi connectivity index (χ3v) is 3.89. The maximum absolute atomic E-state index is 13.1. The average Bonchev–Trinajstić information content (AvgIpc) is 2.41. The maximum atomic E-state index is 13.1. The normalized spacial score (nSPS) is 12.7. The van der Waals surface area contributed by atoms with Crippen LogP contribution in [0.15, 0.2) is 42.5 Å². The van der Waals surface area contributed by atoms with E-state index in [1.165, 1.54) is 12.1 Å². The minimum absolute atomic E-state index is 0.146. The van der Waals surface area contributed by atoms with Crippen LogP contribution < -0.4 is 5.73 Å². The number of rotatable bonds is 4. The molecule has 0 aliphatic rings. The number of halogens is 2. The summed E-state index contributed by atoms with van der Waals surface area (Å²) < 4.78 is 13.1. The molecule has 0 radical (unpaired) electrons. The zero-order valence-electron chi connectivity index (χ0n) is 11.6. The summed E-state index contributed by atoms with van der Waals surface area (Å²) in [5, 5.41) is 0.749. The lowest BCUT2D eigenvalue weighted by Gasteiger charge is -2.26. The molecule has 106 valence electrons. The van der Waals surface area contributed by atoms with Gasteiger partial charge in [0, 0.05) is 23.3 Å². The molecule has 2 aromatic rings. The molecule has 0 fully saturated rings. The van der Waals surface area contributed by atoms with Crippen molar-refractivity contribution in [1.82, 2.24) is 4.90 Å². The van der Waals surface area contributed by atoms with Gasteiger partial charge in [0.25, 0.3) is 0 Å². The van der Waals surface area contributed by atoms with Crippen LogP contribution in [0.1, 0.15) is 24.1 Å². The highest BCUT2D eigenvalue weighted by Gasteiger charge is 2.15. The third kappa shape index (κ3) is 3.30. The van der Waals surface area contributed by atoms with E-state index in [9.17, 15) is 4.39 Å². The molecule has 0 aliphatic heterocycles. The molecule has 0 bridgehead atoms. The molecule has 0 aromatic heterocycles. The maximum Gasteiger partial charge on any atom is 0.125 e. The lowest BCUT2D eigenvalue weighted by atomic mass is 10.1. The van der Waals surface area contributed by atoms with Crippen LogP contribution in [0.5, 0.6) is 0 Å². The van der Waals surface area contributed by atoms with Crippen LogP contribution in [-0.4, -0.2) is 11.9 Å². The van der Waals surface area contributed by atoms with Gasteiger partial charge < -0.3 is 5.73 Å². The molecular weight excluding hydrogens is 275 g/mol. The monoisotopic (exact) mass is 292 g/mol. The standard InChI is InChI=1S/C16H18ClFN2/c1-11(14-5-3-4-6-15(14)17)20(2)10-12-7-8-13(18)9-16(12)19/h3-9,11H,10,19H2,1-2H3. The minimum Gasteiger partial charge on any atom is -0.398 e. The van der Waals surface area contributed by atoms with Gasteiger partial charge in [-0.15, -0.1) is 0 Å². The number of benzene rings is 2. The van der Waals surface area contributed by atoms with E-state index < -0.39 is 0 Å². The van der Waals surface area contributed by atoms with Gasteiger partial charge in [0.05, 0.1) is 0 Å². The van der Waals surface area contributed by atoms with E-state index in [1.807, 2.05) is 31.3 Å². The Labute approximate surface area is 124 Å². The molecular formula is C16H18ClFN2. The zero-order chi connectivity index (χ0) is 14.7. The lowest BCUT2D eigenvalue weighted by Crippen LogP contribution is -2.22. The first-order chi connectivity index (χ1) is 9.49. The Hall–Kier alpha value is -1.58. The molecule has 0 saturated carbocycles. The quantitative estimate of drug-likeness (QED) is 0.854. The fourth-order valence-electron chi connectivity index (χ4n) is 2.17. The predicted octanol–water partition coefficient (Wildman–Crippen LogP) is 4.25. The van der Waals surface area contributed by atoms with Crippen LogP contribution in [0.2, 0.25) is 5.02 Å². The molecule has 0 saturated heterocycles. The number of nitrogens with two attached hydrogens (primary N) is 1. The van der Waals surface area contributed by atoms with Crippen molar-refractivity contribution in [1.29, 1.82) is 0 Å². The number of anilines is 1. The molecule has 2 N–H and O–H groups in total. The third-order valence-electron chi connectivity index (χ3n) is 3.54.